The molecule has 0 unspecified atom stereocenters. The zero-order valence-corrected chi connectivity index (χ0v) is 14.2. The molecule has 0 bridgehead atoms. The van der Waals surface area contributed by atoms with Crippen molar-refractivity contribution in [3.63, 3.8) is 0 Å². The molecule has 3 rings (SSSR count). The summed E-state index contributed by atoms with van der Waals surface area (Å²) in [4.78, 5) is 2.65. The van der Waals surface area contributed by atoms with E-state index >= 15 is 0 Å². The van der Waals surface area contributed by atoms with Crippen LogP contribution in [-0.4, -0.2) is 4.57 Å². The maximum Gasteiger partial charge on any atom is 0.0385 e. The molecule has 2 aromatic carbocycles. The van der Waals surface area contributed by atoms with Gasteiger partial charge in [-0.05, 0) is 36.4 Å². The molecule has 0 saturated heterocycles. The molecule has 0 spiro atoms. The first-order valence-corrected chi connectivity index (χ1v) is 9.29. The Morgan fingerprint density at radius 3 is 1.45 bits per heavy atom. The summed E-state index contributed by atoms with van der Waals surface area (Å²) in [6.45, 7) is 0. The number of nitrogens with zero attached hydrogens (tertiary/aromatic N) is 1. The zero-order chi connectivity index (χ0) is 15.2. The molecule has 0 aliphatic heterocycles. The van der Waals surface area contributed by atoms with E-state index < -0.39 is 0 Å². The van der Waals surface area contributed by atoms with Gasteiger partial charge in [-0.3, -0.25) is 0 Å². The molecule has 3 heteroatoms. The lowest BCUT2D eigenvalue weighted by Crippen LogP contribution is -1.99. The zero-order valence-electron chi connectivity index (χ0n) is 12.6. The third-order valence-electron chi connectivity index (χ3n) is 3.59. The Kier molecular flexibility index (Phi) is 5.30. The summed E-state index contributed by atoms with van der Waals surface area (Å²) in [7, 11) is 2.17. The van der Waals surface area contributed by atoms with Gasteiger partial charge in [-0.25, -0.2) is 0 Å². The first kappa shape index (κ1) is 15.3. The summed E-state index contributed by atoms with van der Waals surface area (Å²) in [6, 6.07) is 25.7. The number of benzene rings is 2. The van der Waals surface area contributed by atoms with Crippen molar-refractivity contribution in [3.05, 3.63) is 84.2 Å². The summed E-state index contributed by atoms with van der Waals surface area (Å²) in [5.74, 6) is 2.02. The van der Waals surface area contributed by atoms with Crippen LogP contribution < -0.4 is 0 Å². The Morgan fingerprint density at radius 1 is 0.636 bits per heavy atom. The van der Waals surface area contributed by atoms with E-state index in [1.54, 1.807) is 0 Å². The van der Waals surface area contributed by atoms with Crippen molar-refractivity contribution in [2.45, 2.75) is 21.3 Å². The van der Waals surface area contributed by atoms with Gasteiger partial charge >= 0.3 is 0 Å². The van der Waals surface area contributed by atoms with Crippen molar-refractivity contribution in [1.82, 2.24) is 4.57 Å². The summed E-state index contributed by atoms with van der Waals surface area (Å²) >= 11 is 3.78. The second-order valence-electron chi connectivity index (χ2n) is 5.08. The van der Waals surface area contributed by atoms with E-state index in [-0.39, 0.29) is 0 Å². The Hall–Kier alpha value is -1.58. The first-order chi connectivity index (χ1) is 10.8. The fourth-order valence-electron chi connectivity index (χ4n) is 2.24. The lowest BCUT2D eigenvalue weighted by Gasteiger charge is -2.08. The average molecular weight is 326 g/mol. The van der Waals surface area contributed by atoms with E-state index in [4.69, 9.17) is 0 Å². The molecule has 22 heavy (non-hydrogen) atoms. The minimum absolute atomic E-state index is 1.01. The van der Waals surface area contributed by atoms with Crippen molar-refractivity contribution >= 4 is 23.5 Å². The van der Waals surface area contributed by atoms with Gasteiger partial charge in [-0.15, -0.1) is 23.5 Å². The predicted molar refractivity (Wildman–Crippen MR) is 97.4 cm³/mol. The summed E-state index contributed by atoms with van der Waals surface area (Å²) < 4.78 is 2.33. The number of hydrogen-bond acceptors (Lipinski definition) is 2. The van der Waals surface area contributed by atoms with Gasteiger partial charge in [-0.1, -0.05) is 36.4 Å². The van der Waals surface area contributed by atoms with Crippen molar-refractivity contribution in [2.24, 2.45) is 7.05 Å². The van der Waals surface area contributed by atoms with Crippen molar-refractivity contribution in [3.8, 4) is 0 Å². The molecule has 0 N–H and O–H groups in total. The Balaban J connectivity index is 1.60. The fraction of sp³-hybridized carbons (Fsp3) is 0.158. The number of thioether (sulfide) groups is 2. The van der Waals surface area contributed by atoms with Crippen molar-refractivity contribution < 1.29 is 0 Å². The monoisotopic (exact) mass is 325 g/mol. The van der Waals surface area contributed by atoms with Crippen LogP contribution >= 0.6 is 23.5 Å². The normalized spacial score (nSPS) is 10.8. The molecule has 0 amide bonds. The standard InChI is InChI=1S/C19H19NS2/c1-20-16(14-21-18-8-4-2-5-9-18)12-13-17(20)15-22-19-10-6-3-7-11-19/h2-13H,14-15H2,1H3. The lowest BCUT2D eigenvalue weighted by atomic mass is 10.4. The van der Waals surface area contributed by atoms with Crippen LogP contribution in [0, 0.1) is 0 Å². The second kappa shape index (κ2) is 7.61. The van der Waals surface area contributed by atoms with Gasteiger partial charge in [0.1, 0.15) is 0 Å². The van der Waals surface area contributed by atoms with Crippen LogP contribution in [0.4, 0.5) is 0 Å². The van der Waals surface area contributed by atoms with Crippen LogP contribution in [0.25, 0.3) is 0 Å². The third-order valence-corrected chi connectivity index (χ3v) is 5.68. The Labute approximate surface area is 140 Å². The minimum Gasteiger partial charge on any atom is -0.350 e. The van der Waals surface area contributed by atoms with E-state index in [1.165, 1.54) is 21.2 Å². The smallest absolute Gasteiger partial charge is 0.0385 e. The maximum atomic E-state index is 2.33. The van der Waals surface area contributed by atoms with E-state index in [1.807, 2.05) is 23.5 Å². The highest BCUT2D eigenvalue weighted by atomic mass is 32.2. The maximum absolute atomic E-state index is 2.33. The van der Waals surface area contributed by atoms with Gasteiger partial charge < -0.3 is 4.57 Å². The average Bonchev–Trinajstić information content (AvgIpc) is 2.93. The molecule has 0 saturated carbocycles. The molecule has 1 aromatic heterocycles. The van der Waals surface area contributed by atoms with E-state index in [0.29, 0.717) is 0 Å². The van der Waals surface area contributed by atoms with Crippen LogP contribution in [0.3, 0.4) is 0 Å². The molecule has 1 nitrogen and oxygen atoms in total. The fourth-order valence-corrected chi connectivity index (χ4v) is 4.15. The van der Waals surface area contributed by atoms with Crippen LogP contribution in [0.1, 0.15) is 11.4 Å². The van der Waals surface area contributed by atoms with E-state index in [0.717, 1.165) is 11.5 Å². The van der Waals surface area contributed by atoms with E-state index in [9.17, 15) is 0 Å². The highest BCUT2D eigenvalue weighted by Crippen LogP contribution is 2.26. The number of hydrogen-bond donors (Lipinski definition) is 0. The molecule has 0 atom stereocenters. The molecule has 112 valence electrons. The summed E-state index contributed by atoms with van der Waals surface area (Å²) in [6.07, 6.45) is 0. The van der Waals surface area contributed by atoms with Crippen molar-refractivity contribution in [2.75, 3.05) is 0 Å². The molecule has 0 aliphatic carbocycles. The number of aromatic nitrogens is 1. The summed E-state index contributed by atoms with van der Waals surface area (Å²) in [5, 5.41) is 0. The van der Waals surface area contributed by atoms with Crippen LogP contribution in [0.5, 0.6) is 0 Å². The van der Waals surface area contributed by atoms with Gasteiger partial charge in [0.2, 0.25) is 0 Å². The van der Waals surface area contributed by atoms with Crippen LogP contribution in [0.2, 0.25) is 0 Å². The third kappa shape index (κ3) is 3.99. The highest BCUT2D eigenvalue weighted by Gasteiger charge is 2.06. The van der Waals surface area contributed by atoms with Gasteiger partial charge in [-0.2, -0.15) is 0 Å². The molecule has 0 aliphatic rings. The molecule has 0 fully saturated rings. The van der Waals surface area contributed by atoms with Crippen LogP contribution in [0.15, 0.2) is 82.6 Å². The van der Waals surface area contributed by atoms with Gasteiger partial charge in [0.15, 0.2) is 0 Å². The van der Waals surface area contributed by atoms with Crippen LogP contribution in [-0.2, 0) is 18.6 Å². The van der Waals surface area contributed by atoms with E-state index in [2.05, 4.69) is 84.4 Å². The van der Waals surface area contributed by atoms with Crippen molar-refractivity contribution in [1.29, 1.82) is 0 Å². The first-order valence-electron chi connectivity index (χ1n) is 7.32. The molecule has 3 aromatic rings. The largest absolute Gasteiger partial charge is 0.350 e. The Bertz CT molecular complexity index is 644. The molecule has 1 heterocycles. The molecule has 0 radical (unpaired) electrons. The lowest BCUT2D eigenvalue weighted by molar-refractivity contribution is 0.832. The molecular formula is C19H19NS2. The predicted octanol–water partition coefficient (Wildman–Crippen LogP) is 5.61. The topological polar surface area (TPSA) is 4.93 Å². The quantitative estimate of drug-likeness (QED) is 0.543. The number of rotatable bonds is 6. The Morgan fingerprint density at radius 2 is 1.05 bits per heavy atom. The molecular weight excluding hydrogens is 306 g/mol. The summed E-state index contributed by atoms with van der Waals surface area (Å²) in [5.41, 5.74) is 2.75. The van der Waals surface area contributed by atoms with Gasteiger partial charge in [0, 0.05) is 39.7 Å². The highest BCUT2D eigenvalue weighted by molar-refractivity contribution is 7.98. The van der Waals surface area contributed by atoms with Gasteiger partial charge in [0.05, 0.1) is 0 Å². The van der Waals surface area contributed by atoms with Gasteiger partial charge in [0.25, 0.3) is 0 Å². The minimum atomic E-state index is 1.01. The second-order valence-corrected chi connectivity index (χ2v) is 7.18. The SMILES string of the molecule is Cn1c(CSc2ccccc2)ccc1CSc1ccccc1.